The highest BCUT2D eigenvalue weighted by molar-refractivity contribution is 5.78. The molecule has 1 aliphatic heterocycles. The molecule has 0 bridgehead atoms. The van der Waals surface area contributed by atoms with Crippen LogP contribution < -0.4 is 5.32 Å². The van der Waals surface area contributed by atoms with Crippen molar-refractivity contribution in [2.45, 2.75) is 67.9 Å². The lowest BCUT2D eigenvalue weighted by atomic mass is 9.95. The van der Waals surface area contributed by atoms with Crippen molar-refractivity contribution in [2.75, 3.05) is 6.54 Å². The van der Waals surface area contributed by atoms with Crippen molar-refractivity contribution < 1.29 is 9.90 Å². The quantitative estimate of drug-likeness (QED) is 0.734. The highest BCUT2D eigenvalue weighted by Crippen LogP contribution is 2.24. The van der Waals surface area contributed by atoms with Crippen LogP contribution in [0.2, 0.25) is 0 Å². The second kappa shape index (κ2) is 16.2. The molecule has 110 valence electrons. The molecule has 0 aromatic heterocycles. The largest absolute Gasteiger partial charge is 0.480 e. The summed E-state index contributed by atoms with van der Waals surface area (Å²) in [6, 6.07) is -0.444. The fraction of sp³-hybridized carbons (Fsp3) is 0.800. The van der Waals surface area contributed by atoms with Crippen LogP contribution in [-0.4, -0.2) is 23.7 Å². The fourth-order valence-electron chi connectivity index (χ4n) is 1.74. The summed E-state index contributed by atoms with van der Waals surface area (Å²) in [6.07, 6.45) is 2.93. The average Bonchev–Trinajstić information content (AvgIpc) is 2.88. The maximum Gasteiger partial charge on any atom is 0.325 e. The Morgan fingerprint density at radius 3 is 2.00 bits per heavy atom. The average molecular weight is 259 g/mol. The summed E-state index contributed by atoms with van der Waals surface area (Å²) in [5.41, 5.74) is 1.03. The smallest absolute Gasteiger partial charge is 0.325 e. The number of hydrogen-bond acceptors (Lipinski definition) is 2. The van der Waals surface area contributed by atoms with Gasteiger partial charge in [0.1, 0.15) is 6.04 Å². The molecular formula is C15H33NO2. The van der Waals surface area contributed by atoms with Gasteiger partial charge in [0, 0.05) is 6.54 Å². The minimum atomic E-state index is -0.765. The van der Waals surface area contributed by atoms with Gasteiger partial charge in [-0.1, -0.05) is 54.5 Å². The molecule has 3 heteroatoms. The number of nitrogens with one attached hydrogen (secondary N) is 1. The molecule has 1 fully saturated rings. The van der Waals surface area contributed by atoms with E-state index in [-0.39, 0.29) is 0 Å². The van der Waals surface area contributed by atoms with Gasteiger partial charge in [-0.2, -0.15) is 0 Å². The molecule has 3 nitrogen and oxygen atoms in total. The number of carboxylic acids is 1. The molecular weight excluding hydrogens is 226 g/mol. The second-order valence-electron chi connectivity index (χ2n) is 3.07. The van der Waals surface area contributed by atoms with Crippen LogP contribution in [0.4, 0.5) is 0 Å². The fourth-order valence-corrected chi connectivity index (χ4v) is 1.74. The highest BCUT2D eigenvalue weighted by Gasteiger charge is 2.32. The maximum absolute atomic E-state index is 10.7. The molecule has 0 aromatic rings. The van der Waals surface area contributed by atoms with E-state index in [0.29, 0.717) is 5.92 Å². The van der Waals surface area contributed by atoms with Gasteiger partial charge in [0.05, 0.1) is 0 Å². The third-order valence-corrected chi connectivity index (χ3v) is 2.45. The van der Waals surface area contributed by atoms with Crippen LogP contribution in [0.5, 0.6) is 0 Å². The Bertz CT molecular complexity index is 213. The van der Waals surface area contributed by atoms with Crippen LogP contribution in [0.25, 0.3) is 0 Å². The first-order valence-corrected chi connectivity index (χ1v) is 7.33. The Hall–Kier alpha value is -0.830. The van der Waals surface area contributed by atoms with Crippen LogP contribution in [0.1, 0.15) is 61.8 Å². The minimum Gasteiger partial charge on any atom is -0.480 e. The van der Waals surface area contributed by atoms with Crippen LogP contribution in [0.3, 0.4) is 0 Å². The van der Waals surface area contributed by atoms with E-state index in [1.807, 2.05) is 54.5 Å². The molecule has 0 radical (unpaired) electrons. The van der Waals surface area contributed by atoms with Crippen molar-refractivity contribution in [3.63, 3.8) is 0 Å². The first kappa shape index (κ1) is 22.4. The van der Waals surface area contributed by atoms with Gasteiger partial charge in [0.2, 0.25) is 0 Å². The van der Waals surface area contributed by atoms with Crippen LogP contribution in [0, 0.1) is 5.92 Å². The zero-order valence-electron chi connectivity index (χ0n) is 13.5. The molecule has 0 amide bonds. The lowest BCUT2D eigenvalue weighted by molar-refractivity contribution is -0.138. The summed E-state index contributed by atoms with van der Waals surface area (Å²) in [4.78, 5) is 10.7. The standard InChI is InChI=1S/C9H15NO2.3C2H6/c1-3-6-5-10-8(9(11)12)7(6)4-2;3*1-2/h4,6,8,10H,3,5H2,1-2H3,(H,11,12);3*1-2H3/b7-4+;;;. The third kappa shape index (κ3) is 7.49. The molecule has 18 heavy (non-hydrogen) atoms. The topological polar surface area (TPSA) is 49.3 Å². The number of carboxylic acid groups (broad SMARTS) is 1. The molecule has 0 aliphatic carbocycles. The van der Waals surface area contributed by atoms with Gasteiger partial charge in [0.15, 0.2) is 0 Å². The van der Waals surface area contributed by atoms with Gasteiger partial charge in [-0.3, -0.25) is 4.79 Å². The van der Waals surface area contributed by atoms with E-state index in [4.69, 9.17) is 5.11 Å². The summed E-state index contributed by atoms with van der Waals surface area (Å²) >= 11 is 0. The van der Waals surface area contributed by atoms with Gasteiger partial charge < -0.3 is 10.4 Å². The molecule has 0 saturated carbocycles. The van der Waals surface area contributed by atoms with Gasteiger partial charge >= 0.3 is 5.97 Å². The summed E-state index contributed by atoms with van der Waals surface area (Å²) in [5, 5.41) is 11.8. The van der Waals surface area contributed by atoms with Gasteiger partial charge in [-0.25, -0.2) is 0 Å². The van der Waals surface area contributed by atoms with E-state index in [2.05, 4.69) is 12.2 Å². The zero-order chi connectivity index (χ0) is 15.1. The second-order valence-corrected chi connectivity index (χ2v) is 3.07. The molecule has 2 N–H and O–H groups in total. The van der Waals surface area contributed by atoms with Crippen molar-refractivity contribution in [1.82, 2.24) is 5.32 Å². The summed E-state index contributed by atoms with van der Waals surface area (Å²) in [5.74, 6) is -0.352. The Labute approximate surface area is 114 Å². The number of rotatable bonds is 2. The van der Waals surface area contributed by atoms with E-state index >= 15 is 0 Å². The molecule has 0 spiro atoms. The predicted octanol–water partition coefficient (Wildman–Crippen LogP) is 4.09. The van der Waals surface area contributed by atoms with Crippen molar-refractivity contribution in [2.24, 2.45) is 5.92 Å². The van der Waals surface area contributed by atoms with Gasteiger partial charge in [-0.15, -0.1) is 0 Å². The minimum absolute atomic E-state index is 0.413. The van der Waals surface area contributed by atoms with Crippen molar-refractivity contribution >= 4 is 5.97 Å². The van der Waals surface area contributed by atoms with Gasteiger partial charge in [-0.05, 0) is 24.8 Å². The molecule has 1 aliphatic rings. The predicted molar refractivity (Wildman–Crippen MR) is 81.0 cm³/mol. The SMILES string of the molecule is C/C=C1\C(CC)CNC1C(=O)O.CC.CC.CC. The summed E-state index contributed by atoms with van der Waals surface area (Å²) < 4.78 is 0. The van der Waals surface area contributed by atoms with Crippen LogP contribution in [0.15, 0.2) is 11.6 Å². The lowest BCUT2D eigenvalue weighted by Gasteiger charge is -2.09. The third-order valence-electron chi connectivity index (χ3n) is 2.45. The number of hydrogen-bond donors (Lipinski definition) is 2. The number of allylic oxidation sites excluding steroid dienone is 1. The summed E-state index contributed by atoms with van der Waals surface area (Å²) in [7, 11) is 0. The molecule has 2 atom stereocenters. The molecule has 1 rings (SSSR count). The first-order valence-electron chi connectivity index (χ1n) is 7.33. The van der Waals surface area contributed by atoms with E-state index in [9.17, 15) is 4.79 Å². The Kier molecular flexibility index (Phi) is 20.1. The number of aliphatic carboxylic acids is 1. The van der Waals surface area contributed by atoms with E-state index in [1.54, 1.807) is 0 Å². The Morgan fingerprint density at radius 2 is 1.72 bits per heavy atom. The van der Waals surface area contributed by atoms with Crippen molar-refractivity contribution in [1.29, 1.82) is 0 Å². The maximum atomic E-state index is 10.7. The van der Waals surface area contributed by atoms with E-state index in [0.717, 1.165) is 18.5 Å². The Morgan fingerprint density at radius 1 is 1.28 bits per heavy atom. The monoisotopic (exact) mass is 259 g/mol. The zero-order valence-corrected chi connectivity index (χ0v) is 13.5. The van der Waals surface area contributed by atoms with Crippen LogP contribution >= 0.6 is 0 Å². The van der Waals surface area contributed by atoms with Crippen molar-refractivity contribution in [3.8, 4) is 0 Å². The Balaban J connectivity index is -0.000000328. The van der Waals surface area contributed by atoms with E-state index < -0.39 is 12.0 Å². The molecule has 1 heterocycles. The molecule has 2 unspecified atom stereocenters. The molecule has 0 aromatic carbocycles. The molecule has 1 saturated heterocycles. The first-order chi connectivity index (χ1) is 8.70. The van der Waals surface area contributed by atoms with Gasteiger partial charge in [0.25, 0.3) is 0 Å². The summed E-state index contributed by atoms with van der Waals surface area (Å²) in [6.45, 7) is 16.8. The highest BCUT2D eigenvalue weighted by atomic mass is 16.4. The van der Waals surface area contributed by atoms with E-state index in [1.165, 1.54) is 0 Å². The number of carbonyl (C=O) groups is 1. The van der Waals surface area contributed by atoms with Crippen molar-refractivity contribution in [3.05, 3.63) is 11.6 Å². The normalized spacial score (nSPS) is 22.8. The van der Waals surface area contributed by atoms with Crippen LogP contribution in [-0.2, 0) is 4.79 Å². The lowest BCUT2D eigenvalue weighted by Crippen LogP contribution is -2.31.